The van der Waals surface area contributed by atoms with Crippen LogP contribution in [0.1, 0.15) is 329 Å². The first-order valence-electron chi connectivity index (χ1n) is 41.8. The Kier molecular flexibility index (Phi) is 77.0. The van der Waals surface area contributed by atoms with Gasteiger partial charge in [0.2, 0.25) is 0 Å². The van der Waals surface area contributed by atoms with Gasteiger partial charge in [0.25, 0.3) is 0 Å². The number of unbranched alkanes of at least 4 members (excludes halogenated alkanes) is 29. The Morgan fingerprint density at radius 3 is 0.738 bits per heavy atom. The van der Waals surface area contributed by atoms with E-state index in [0.717, 1.165) is 186 Å². The number of carbonyl (C=O) groups excluding carboxylic acids is 3. The molecule has 0 saturated heterocycles. The molecule has 612 valence electrons. The molecule has 0 aromatic heterocycles. The summed E-state index contributed by atoms with van der Waals surface area (Å²) in [6.07, 6.45) is 102. The molecule has 16 nitrogen and oxygen atoms in total. The van der Waals surface area contributed by atoms with Crippen molar-refractivity contribution in [1.29, 1.82) is 0 Å². The summed E-state index contributed by atoms with van der Waals surface area (Å²) in [5, 5.41) is 20.7. The van der Waals surface area contributed by atoms with E-state index in [1.165, 1.54) is 83.5 Å². The van der Waals surface area contributed by atoms with Gasteiger partial charge in [-0.3, -0.25) is 32.5 Å². The lowest BCUT2D eigenvalue weighted by Gasteiger charge is -2.21. The molecule has 18 heteroatoms. The number of phosphoric ester groups is 2. The van der Waals surface area contributed by atoms with Gasteiger partial charge in [0, 0.05) is 19.3 Å². The van der Waals surface area contributed by atoms with E-state index in [2.05, 4.69) is 179 Å². The largest absolute Gasteiger partial charge is 0.472 e. The molecule has 0 aromatic rings. The molecule has 0 saturated carbocycles. The number of rotatable bonds is 78. The molecule has 0 aromatic carbocycles. The Hall–Kier alpha value is -4.83. The van der Waals surface area contributed by atoms with Crippen LogP contribution in [-0.2, 0) is 55.8 Å². The molecule has 5 atom stereocenters. The zero-order valence-electron chi connectivity index (χ0n) is 67.0. The molecule has 0 aliphatic heterocycles. The molecule has 0 amide bonds. The molecule has 5 unspecified atom stereocenters. The van der Waals surface area contributed by atoms with Crippen molar-refractivity contribution in [2.45, 2.75) is 347 Å². The predicted molar refractivity (Wildman–Crippen MR) is 445 cm³/mol. The molecular formula is C89H150O16P2. The van der Waals surface area contributed by atoms with Crippen molar-refractivity contribution in [3.8, 4) is 0 Å². The Labute approximate surface area is 650 Å². The van der Waals surface area contributed by atoms with Gasteiger partial charge >= 0.3 is 33.6 Å². The number of hydrogen-bond donors (Lipinski definition) is 4. The molecule has 0 aliphatic rings. The smallest absolute Gasteiger partial charge is 0.463 e. The molecule has 0 radical (unpaired) electrons. The number of hydrogen-bond acceptors (Lipinski definition) is 14. The first-order valence-corrected chi connectivity index (χ1v) is 44.8. The quantitative estimate of drug-likeness (QED) is 0.0146. The van der Waals surface area contributed by atoms with Crippen molar-refractivity contribution < 1.29 is 75.8 Å². The van der Waals surface area contributed by atoms with E-state index in [1.807, 2.05) is 0 Å². The first kappa shape index (κ1) is 102. The Bertz CT molecular complexity index is 2580. The fourth-order valence-corrected chi connectivity index (χ4v) is 12.6. The molecule has 0 heterocycles. The standard InChI is InChI=1S/C89H150O16P2/c1-4-7-10-13-16-19-22-25-28-31-33-34-35-36-37-38-39-40-41-42-43-44-45-46-47-48-50-53-54-57-60-63-66-69-72-75-87(92)99-78-84(90)79-101-106(95,96)102-80-85(91)81-103-107(97,98)104-83-86(105-89(94)77-74-71-68-65-62-59-56-51-30-27-24-21-18-15-12-9-6-3)82-100-88(93)76-73-70-67-64-61-58-55-52-49-32-29-26-23-20-17-14-11-8-5-2/h7-12,16-21,25-30,33-34,36-37,39-40,49,52,84-86,90-91H,4-6,13-15,22-24,31-32,35,38,41-48,50-51,53-83H2,1-3H3,(H,95,96)(H,97,98)/b10-7-,11-8-,12-9-,19-16-,20-17-,21-18-,28-25-,29-26-,30-27-,34-33-,37-36-,40-39-,52-49-. The molecule has 0 fully saturated rings. The number of carbonyl (C=O) groups is 3. The van der Waals surface area contributed by atoms with Crippen molar-refractivity contribution in [1.82, 2.24) is 0 Å². The van der Waals surface area contributed by atoms with E-state index >= 15 is 0 Å². The van der Waals surface area contributed by atoms with Crippen LogP contribution in [0.15, 0.2) is 158 Å². The summed E-state index contributed by atoms with van der Waals surface area (Å²) in [6.45, 7) is 2.33. The lowest BCUT2D eigenvalue weighted by molar-refractivity contribution is -0.161. The number of esters is 3. The maximum absolute atomic E-state index is 13.0. The monoisotopic (exact) mass is 1540 g/mol. The number of ether oxygens (including phenoxy) is 3. The minimum Gasteiger partial charge on any atom is -0.463 e. The van der Waals surface area contributed by atoms with Gasteiger partial charge in [-0.25, -0.2) is 9.13 Å². The second kappa shape index (κ2) is 80.7. The highest BCUT2D eigenvalue weighted by atomic mass is 31.2. The zero-order valence-corrected chi connectivity index (χ0v) is 68.8. The SMILES string of the molecule is CC/C=C\C/C=C\C/C=C\C/C=C\C/C=C\C/C=C\CCCCCCCCCCCCCCCCCCC(=O)OCC(O)COP(=O)(O)OCC(O)COP(=O)(O)OCC(COC(=O)CCCCCCCC/C=C\C/C=C\C/C=C\C/C=C\CC)OC(=O)CCCCCCCCC/C=C\C/C=C\C/C=C\CC. The van der Waals surface area contributed by atoms with Crippen LogP contribution in [0.25, 0.3) is 0 Å². The molecule has 4 N–H and O–H groups in total. The van der Waals surface area contributed by atoms with Crippen LogP contribution < -0.4 is 0 Å². The number of aliphatic hydroxyl groups excluding tert-OH is 2. The van der Waals surface area contributed by atoms with E-state index in [0.29, 0.717) is 19.3 Å². The van der Waals surface area contributed by atoms with Crippen molar-refractivity contribution in [2.75, 3.05) is 39.6 Å². The average Bonchev–Trinajstić information content (AvgIpc) is 0.907. The second-order valence-corrected chi connectivity index (χ2v) is 30.4. The molecule has 107 heavy (non-hydrogen) atoms. The van der Waals surface area contributed by atoms with Gasteiger partial charge in [0.05, 0.1) is 26.4 Å². The van der Waals surface area contributed by atoms with Crippen LogP contribution in [-0.4, -0.2) is 95.9 Å². The summed E-state index contributed by atoms with van der Waals surface area (Å²) in [5.41, 5.74) is 0. The maximum atomic E-state index is 13.0. The van der Waals surface area contributed by atoms with Crippen molar-refractivity contribution in [3.05, 3.63) is 158 Å². The van der Waals surface area contributed by atoms with Crippen LogP contribution in [0, 0.1) is 0 Å². The van der Waals surface area contributed by atoms with Gasteiger partial charge in [0.1, 0.15) is 25.4 Å². The predicted octanol–water partition coefficient (Wildman–Crippen LogP) is 25.0. The normalized spacial score (nSPS) is 14.7. The van der Waals surface area contributed by atoms with Crippen molar-refractivity contribution >= 4 is 33.6 Å². The van der Waals surface area contributed by atoms with E-state index in [4.69, 9.17) is 32.3 Å². The van der Waals surface area contributed by atoms with Gasteiger partial charge in [-0.05, 0) is 141 Å². The summed E-state index contributed by atoms with van der Waals surface area (Å²) in [6, 6.07) is 0. The molecule has 0 aliphatic carbocycles. The highest BCUT2D eigenvalue weighted by Crippen LogP contribution is 2.45. The Morgan fingerprint density at radius 1 is 0.262 bits per heavy atom. The summed E-state index contributed by atoms with van der Waals surface area (Å²) in [5.74, 6) is -1.60. The number of phosphoric acid groups is 2. The summed E-state index contributed by atoms with van der Waals surface area (Å²) in [7, 11) is -9.80. The van der Waals surface area contributed by atoms with Crippen LogP contribution >= 0.6 is 15.6 Å². The van der Waals surface area contributed by atoms with Crippen molar-refractivity contribution in [2.24, 2.45) is 0 Å². The lowest BCUT2D eigenvalue weighted by Crippen LogP contribution is -2.30. The van der Waals surface area contributed by atoms with E-state index < -0.39 is 91.5 Å². The van der Waals surface area contributed by atoms with E-state index in [9.17, 15) is 43.5 Å². The molecular weight excluding hydrogens is 1390 g/mol. The van der Waals surface area contributed by atoms with Gasteiger partial charge in [-0.15, -0.1) is 0 Å². The number of allylic oxidation sites excluding steroid dienone is 26. The maximum Gasteiger partial charge on any atom is 0.472 e. The second-order valence-electron chi connectivity index (χ2n) is 27.5. The Morgan fingerprint density at radius 2 is 0.467 bits per heavy atom. The molecule has 0 rings (SSSR count). The number of aliphatic hydroxyl groups is 2. The van der Waals surface area contributed by atoms with Crippen LogP contribution in [0.4, 0.5) is 0 Å². The zero-order chi connectivity index (χ0) is 78.0. The minimum atomic E-state index is -4.94. The molecule has 0 spiro atoms. The van der Waals surface area contributed by atoms with Gasteiger partial charge in [-0.1, -0.05) is 326 Å². The van der Waals surface area contributed by atoms with Crippen LogP contribution in [0.5, 0.6) is 0 Å². The topological polar surface area (TPSA) is 231 Å². The molecule has 0 bridgehead atoms. The van der Waals surface area contributed by atoms with Crippen LogP contribution in [0.2, 0.25) is 0 Å². The van der Waals surface area contributed by atoms with E-state index in [1.54, 1.807) is 0 Å². The van der Waals surface area contributed by atoms with E-state index in [-0.39, 0.29) is 19.3 Å². The fourth-order valence-electron chi connectivity index (χ4n) is 11.0. The van der Waals surface area contributed by atoms with Gasteiger partial charge < -0.3 is 34.2 Å². The third-order valence-corrected chi connectivity index (χ3v) is 19.1. The fraction of sp³-hybridized carbons (Fsp3) is 0.674. The highest BCUT2D eigenvalue weighted by molar-refractivity contribution is 7.47. The van der Waals surface area contributed by atoms with Crippen LogP contribution in [0.3, 0.4) is 0 Å². The highest BCUT2D eigenvalue weighted by Gasteiger charge is 2.29. The minimum absolute atomic E-state index is 0.0865. The summed E-state index contributed by atoms with van der Waals surface area (Å²) in [4.78, 5) is 58.7. The van der Waals surface area contributed by atoms with Crippen molar-refractivity contribution in [3.63, 3.8) is 0 Å². The first-order chi connectivity index (χ1) is 52.2. The van der Waals surface area contributed by atoms with Gasteiger partial charge in [0.15, 0.2) is 6.10 Å². The third kappa shape index (κ3) is 82.0. The summed E-state index contributed by atoms with van der Waals surface area (Å²) < 4.78 is 61.2. The Balaban J connectivity index is 4.46. The van der Waals surface area contributed by atoms with Gasteiger partial charge in [-0.2, -0.15) is 0 Å². The summed E-state index contributed by atoms with van der Waals surface area (Å²) >= 11 is 0. The lowest BCUT2D eigenvalue weighted by atomic mass is 10.0. The third-order valence-electron chi connectivity index (χ3n) is 17.2. The average molecular weight is 1540 g/mol.